The van der Waals surface area contributed by atoms with Crippen molar-refractivity contribution in [2.24, 2.45) is 0 Å². The Balaban J connectivity index is 0.00000363. The van der Waals surface area contributed by atoms with E-state index in [1.165, 1.54) is 0 Å². The molecule has 0 spiro atoms. The van der Waals surface area contributed by atoms with Gasteiger partial charge in [-0.2, -0.15) is 0 Å². The van der Waals surface area contributed by atoms with E-state index in [9.17, 15) is 14.7 Å². The van der Waals surface area contributed by atoms with E-state index in [2.05, 4.69) is 26.9 Å². The normalized spacial score (nSPS) is 9.88. The van der Waals surface area contributed by atoms with Gasteiger partial charge in [-0.25, -0.2) is 14.6 Å². The van der Waals surface area contributed by atoms with Gasteiger partial charge in [-0.05, 0) is 35.6 Å². The molecule has 0 aliphatic carbocycles. The summed E-state index contributed by atoms with van der Waals surface area (Å²) < 4.78 is 4.83. The molecule has 3 aromatic rings. The van der Waals surface area contributed by atoms with Crippen LogP contribution in [-0.4, -0.2) is 35.4 Å². The lowest BCUT2D eigenvalue weighted by Crippen LogP contribution is -2.28. The van der Waals surface area contributed by atoms with Gasteiger partial charge in [-0.3, -0.25) is 5.32 Å². The summed E-state index contributed by atoms with van der Waals surface area (Å²) in [7, 11) is 0. The van der Waals surface area contributed by atoms with Crippen LogP contribution in [0.15, 0.2) is 48.7 Å². The largest absolute Gasteiger partial charge is 0.507 e. The van der Waals surface area contributed by atoms with E-state index in [0.29, 0.717) is 17.9 Å². The van der Waals surface area contributed by atoms with Crippen LogP contribution in [0.4, 0.5) is 15.4 Å². The quantitative estimate of drug-likeness (QED) is 0.420. The molecule has 0 unspecified atom stereocenters. The number of urea groups is 1. The molecule has 1 aromatic heterocycles. The van der Waals surface area contributed by atoms with Crippen LogP contribution in [0.5, 0.6) is 5.75 Å². The van der Waals surface area contributed by atoms with E-state index in [1.807, 2.05) is 25.1 Å². The van der Waals surface area contributed by atoms with Crippen molar-refractivity contribution in [3.63, 3.8) is 0 Å². The summed E-state index contributed by atoms with van der Waals surface area (Å²) in [6.45, 7) is 2.37. The molecule has 0 saturated heterocycles. The second-order valence-electron chi connectivity index (χ2n) is 6.52. The zero-order valence-electron chi connectivity index (χ0n) is 17.3. The summed E-state index contributed by atoms with van der Waals surface area (Å²) in [4.78, 5) is 28.0. The monoisotopic (exact) mass is 454 g/mol. The highest BCUT2D eigenvalue weighted by Crippen LogP contribution is 2.36. The molecule has 0 atom stereocenters. The molecule has 32 heavy (non-hydrogen) atoms. The lowest BCUT2D eigenvalue weighted by molar-refractivity contribution is 0.159. The summed E-state index contributed by atoms with van der Waals surface area (Å²) in [5.74, 6) is 2.71. The lowest BCUT2D eigenvalue weighted by atomic mass is 9.95. The second-order valence-corrected chi connectivity index (χ2v) is 6.52. The van der Waals surface area contributed by atoms with Crippen molar-refractivity contribution in [2.75, 3.05) is 18.5 Å². The van der Waals surface area contributed by atoms with Crippen LogP contribution in [0.3, 0.4) is 0 Å². The number of aromatic hydroxyl groups is 1. The number of pyridine rings is 1. The van der Waals surface area contributed by atoms with Gasteiger partial charge in [0.25, 0.3) is 0 Å². The Morgan fingerprint density at radius 3 is 2.62 bits per heavy atom. The molecule has 3 amide bonds. The van der Waals surface area contributed by atoms with Gasteiger partial charge in [0, 0.05) is 30.2 Å². The van der Waals surface area contributed by atoms with Crippen molar-refractivity contribution in [3.05, 3.63) is 54.2 Å². The number of aromatic nitrogens is 1. The maximum absolute atomic E-state index is 11.9. The van der Waals surface area contributed by atoms with E-state index in [4.69, 9.17) is 11.2 Å². The van der Waals surface area contributed by atoms with Crippen molar-refractivity contribution < 1.29 is 19.4 Å². The Hall–Kier alpha value is -3.96. The standard InChI is InChI=1S/C23H22N4O4.ClH/c1-3-11-31-23(30)26-13-15-9-10-16(17-7-5-6-8-20(17)28)18-12-21(25-14-19(15)18)27-22(29)24-4-2;/h1,5-10,12,14,28H,4,11,13H2,2H3,(H,26,30)(H2,24,25,27,29);1H. The Morgan fingerprint density at radius 2 is 1.91 bits per heavy atom. The SMILES string of the molecule is C#CCOC(=O)NCc1ccc(-c2ccccc2O)c2cc(NC(=O)NCC)ncc12.Cl. The Bertz CT molecular complexity index is 1160. The number of terminal acetylenes is 1. The molecule has 8 nitrogen and oxygen atoms in total. The third-order valence-electron chi connectivity index (χ3n) is 4.47. The van der Waals surface area contributed by atoms with Crippen molar-refractivity contribution in [3.8, 4) is 29.2 Å². The average Bonchev–Trinajstić information content (AvgIpc) is 2.76. The Kier molecular flexibility index (Phi) is 8.69. The van der Waals surface area contributed by atoms with E-state index in [-0.39, 0.29) is 37.3 Å². The molecule has 9 heteroatoms. The minimum atomic E-state index is -0.627. The predicted molar refractivity (Wildman–Crippen MR) is 126 cm³/mol. The van der Waals surface area contributed by atoms with Crippen LogP contribution < -0.4 is 16.0 Å². The number of phenolic OH excluding ortho intramolecular Hbond substituents is 1. The molecule has 0 aliphatic rings. The highest BCUT2D eigenvalue weighted by molar-refractivity contribution is 6.01. The molecule has 1 heterocycles. The van der Waals surface area contributed by atoms with Gasteiger partial charge in [-0.1, -0.05) is 36.3 Å². The number of amides is 3. The zero-order valence-corrected chi connectivity index (χ0v) is 18.2. The first-order chi connectivity index (χ1) is 15.0. The minimum absolute atomic E-state index is 0. The van der Waals surface area contributed by atoms with Crippen LogP contribution in [0.2, 0.25) is 0 Å². The third kappa shape index (κ3) is 5.80. The van der Waals surface area contributed by atoms with Crippen molar-refractivity contribution in [1.82, 2.24) is 15.6 Å². The number of nitrogens with zero attached hydrogens (tertiary/aromatic N) is 1. The molecule has 4 N–H and O–H groups in total. The van der Waals surface area contributed by atoms with Gasteiger partial charge in [0.15, 0.2) is 6.61 Å². The highest BCUT2D eigenvalue weighted by atomic mass is 35.5. The Morgan fingerprint density at radius 1 is 1.12 bits per heavy atom. The number of fused-ring (bicyclic) bond motifs is 1. The van der Waals surface area contributed by atoms with Crippen LogP contribution in [-0.2, 0) is 11.3 Å². The molecule has 0 saturated carbocycles. The van der Waals surface area contributed by atoms with Crippen LogP contribution in [0.25, 0.3) is 21.9 Å². The number of ether oxygens (including phenoxy) is 1. The first-order valence-corrected chi connectivity index (χ1v) is 9.62. The van der Waals surface area contributed by atoms with Crippen molar-refractivity contribution in [1.29, 1.82) is 0 Å². The number of carbonyl (C=O) groups is 2. The average molecular weight is 455 g/mol. The number of nitrogens with one attached hydrogen (secondary N) is 3. The van der Waals surface area contributed by atoms with Gasteiger partial charge in [0.1, 0.15) is 11.6 Å². The molecule has 0 fully saturated rings. The highest BCUT2D eigenvalue weighted by Gasteiger charge is 2.14. The number of para-hydroxylation sites is 1. The summed E-state index contributed by atoms with van der Waals surface area (Å²) >= 11 is 0. The number of halogens is 1. The maximum atomic E-state index is 11.9. The van der Waals surface area contributed by atoms with Crippen LogP contribution in [0, 0.1) is 12.3 Å². The molecule has 0 bridgehead atoms. The van der Waals surface area contributed by atoms with Gasteiger partial charge < -0.3 is 20.5 Å². The first kappa shape index (κ1) is 24.3. The maximum Gasteiger partial charge on any atom is 0.408 e. The fourth-order valence-corrected chi connectivity index (χ4v) is 3.10. The molecular weight excluding hydrogens is 432 g/mol. The summed E-state index contributed by atoms with van der Waals surface area (Å²) in [5.41, 5.74) is 2.17. The topological polar surface area (TPSA) is 113 Å². The molecule has 0 radical (unpaired) electrons. The summed E-state index contributed by atoms with van der Waals surface area (Å²) in [6.07, 6.45) is 6.08. The zero-order chi connectivity index (χ0) is 22.2. The van der Waals surface area contributed by atoms with E-state index < -0.39 is 6.09 Å². The number of phenols is 1. The summed E-state index contributed by atoms with van der Waals surface area (Å²) in [5, 5.41) is 19.8. The summed E-state index contributed by atoms with van der Waals surface area (Å²) in [6, 6.07) is 12.0. The number of benzene rings is 2. The number of anilines is 1. The molecule has 3 rings (SSSR count). The molecule has 0 aliphatic heterocycles. The number of alkyl carbamates (subject to hydrolysis) is 1. The number of rotatable bonds is 6. The minimum Gasteiger partial charge on any atom is -0.507 e. The van der Waals surface area contributed by atoms with Gasteiger partial charge in [0.2, 0.25) is 0 Å². The van der Waals surface area contributed by atoms with Crippen LogP contribution in [0.1, 0.15) is 12.5 Å². The van der Waals surface area contributed by atoms with E-state index in [0.717, 1.165) is 21.9 Å². The fourth-order valence-electron chi connectivity index (χ4n) is 3.10. The van der Waals surface area contributed by atoms with Crippen molar-refractivity contribution >= 4 is 41.1 Å². The molecule has 166 valence electrons. The third-order valence-corrected chi connectivity index (χ3v) is 4.47. The number of hydrogen-bond donors (Lipinski definition) is 4. The van der Waals surface area contributed by atoms with E-state index >= 15 is 0 Å². The number of hydrogen-bond acceptors (Lipinski definition) is 5. The molecule has 2 aromatic carbocycles. The number of carbonyl (C=O) groups excluding carboxylic acids is 2. The van der Waals surface area contributed by atoms with Crippen molar-refractivity contribution in [2.45, 2.75) is 13.5 Å². The smallest absolute Gasteiger partial charge is 0.408 e. The Labute approximate surface area is 191 Å². The second kappa shape index (κ2) is 11.4. The lowest BCUT2D eigenvalue weighted by Gasteiger charge is -2.14. The first-order valence-electron chi connectivity index (χ1n) is 9.62. The fraction of sp³-hybridized carbons (Fsp3) is 0.174. The molecular formula is C23H23ClN4O4. The van der Waals surface area contributed by atoms with Gasteiger partial charge in [-0.15, -0.1) is 18.8 Å². The van der Waals surface area contributed by atoms with E-state index in [1.54, 1.807) is 30.5 Å². The van der Waals surface area contributed by atoms with Gasteiger partial charge >= 0.3 is 12.1 Å². The van der Waals surface area contributed by atoms with Crippen LogP contribution >= 0.6 is 12.4 Å². The predicted octanol–water partition coefficient (Wildman–Crippen LogP) is 4.03. The van der Waals surface area contributed by atoms with Gasteiger partial charge in [0.05, 0.1) is 0 Å².